The number of hydrogen-bond acceptors (Lipinski definition) is 3. The molecule has 1 heterocycles. The van der Waals surface area contributed by atoms with Gasteiger partial charge in [0.05, 0.1) is 6.10 Å². The number of hydrogen-bond donors (Lipinski definition) is 2. The van der Waals surface area contributed by atoms with E-state index in [0.29, 0.717) is 19.5 Å². The Morgan fingerprint density at radius 1 is 1.47 bits per heavy atom. The Morgan fingerprint density at radius 2 is 2.21 bits per heavy atom. The van der Waals surface area contributed by atoms with E-state index in [0.717, 1.165) is 16.9 Å². The summed E-state index contributed by atoms with van der Waals surface area (Å²) < 4.78 is 0. The van der Waals surface area contributed by atoms with Crippen LogP contribution in [-0.4, -0.2) is 49.3 Å². The average Bonchev–Trinajstić information content (AvgIpc) is 2.75. The quantitative estimate of drug-likeness (QED) is 0.853. The van der Waals surface area contributed by atoms with Gasteiger partial charge in [-0.3, -0.25) is 0 Å². The van der Waals surface area contributed by atoms with Crippen molar-refractivity contribution in [3.05, 3.63) is 23.8 Å². The maximum absolute atomic E-state index is 12.0. The third-order valence-corrected chi connectivity index (χ3v) is 3.38. The average molecular weight is 263 g/mol. The smallest absolute Gasteiger partial charge is 0.321 e. The molecule has 0 bridgehead atoms. The fraction of sp³-hybridized carbons (Fsp3) is 0.500. The van der Waals surface area contributed by atoms with Gasteiger partial charge in [0.2, 0.25) is 0 Å². The highest BCUT2D eigenvalue weighted by atomic mass is 16.3. The van der Waals surface area contributed by atoms with E-state index >= 15 is 0 Å². The highest BCUT2D eigenvalue weighted by molar-refractivity contribution is 5.90. The van der Waals surface area contributed by atoms with Crippen LogP contribution in [0.2, 0.25) is 0 Å². The van der Waals surface area contributed by atoms with Crippen LogP contribution < -0.4 is 10.2 Å². The first-order valence-corrected chi connectivity index (χ1v) is 6.49. The molecule has 2 N–H and O–H groups in total. The van der Waals surface area contributed by atoms with E-state index in [-0.39, 0.29) is 12.1 Å². The second-order valence-corrected chi connectivity index (χ2v) is 5.21. The van der Waals surface area contributed by atoms with Gasteiger partial charge in [0, 0.05) is 38.6 Å². The maximum atomic E-state index is 12.0. The molecule has 0 spiro atoms. The van der Waals surface area contributed by atoms with Gasteiger partial charge in [-0.15, -0.1) is 0 Å². The van der Waals surface area contributed by atoms with Crippen LogP contribution in [0, 0.1) is 6.92 Å². The van der Waals surface area contributed by atoms with Gasteiger partial charge in [-0.25, -0.2) is 4.79 Å². The van der Waals surface area contributed by atoms with Gasteiger partial charge in [-0.1, -0.05) is 0 Å². The molecule has 0 aliphatic carbocycles. The Morgan fingerprint density at radius 3 is 2.74 bits per heavy atom. The fourth-order valence-corrected chi connectivity index (χ4v) is 2.36. The molecule has 0 unspecified atom stereocenters. The maximum Gasteiger partial charge on any atom is 0.321 e. The predicted octanol–water partition coefficient (Wildman–Crippen LogP) is 1.66. The molecule has 1 saturated heterocycles. The largest absolute Gasteiger partial charge is 0.391 e. The first-order chi connectivity index (χ1) is 8.97. The summed E-state index contributed by atoms with van der Waals surface area (Å²) in [7, 11) is 3.98. The Hall–Kier alpha value is -1.75. The molecule has 0 aromatic heterocycles. The lowest BCUT2D eigenvalue weighted by atomic mass is 10.1. The van der Waals surface area contributed by atoms with Gasteiger partial charge in [-0.05, 0) is 37.1 Å². The Bertz CT molecular complexity index is 474. The molecule has 19 heavy (non-hydrogen) atoms. The Labute approximate surface area is 113 Å². The van der Waals surface area contributed by atoms with Crippen molar-refractivity contribution >= 4 is 17.4 Å². The molecule has 0 radical (unpaired) electrons. The zero-order chi connectivity index (χ0) is 14.0. The van der Waals surface area contributed by atoms with Gasteiger partial charge < -0.3 is 20.2 Å². The zero-order valence-corrected chi connectivity index (χ0v) is 11.7. The van der Waals surface area contributed by atoms with Crippen LogP contribution in [0.5, 0.6) is 0 Å². The number of benzene rings is 1. The van der Waals surface area contributed by atoms with Crippen molar-refractivity contribution in [1.29, 1.82) is 0 Å². The van der Waals surface area contributed by atoms with E-state index in [4.69, 9.17) is 0 Å². The van der Waals surface area contributed by atoms with Crippen molar-refractivity contribution in [3.63, 3.8) is 0 Å². The summed E-state index contributed by atoms with van der Waals surface area (Å²) in [4.78, 5) is 15.7. The molecule has 2 rings (SSSR count). The first-order valence-electron chi connectivity index (χ1n) is 6.49. The predicted molar refractivity (Wildman–Crippen MR) is 76.7 cm³/mol. The second kappa shape index (κ2) is 5.48. The second-order valence-electron chi connectivity index (χ2n) is 5.21. The molecule has 1 atom stereocenters. The lowest BCUT2D eigenvalue weighted by Gasteiger charge is -2.19. The SMILES string of the molecule is Cc1cc(NC(=O)N2CC[C@@H](O)C2)ccc1N(C)C. The van der Waals surface area contributed by atoms with Crippen LogP contribution in [0.15, 0.2) is 18.2 Å². The summed E-state index contributed by atoms with van der Waals surface area (Å²) in [5.41, 5.74) is 3.04. The van der Waals surface area contributed by atoms with Crippen molar-refractivity contribution in [1.82, 2.24) is 4.90 Å². The molecule has 2 amide bonds. The van der Waals surface area contributed by atoms with E-state index in [1.807, 2.05) is 44.1 Å². The van der Waals surface area contributed by atoms with Gasteiger partial charge in [0.15, 0.2) is 0 Å². The number of amides is 2. The van der Waals surface area contributed by atoms with Crippen LogP contribution in [0.3, 0.4) is 0 Å². The lowest BCUT2D eigenvalue weighted by Crippen LogP contribution is -2.33. The van der Waals surface area contributed by atoms with E-state index in [1.54, 1.807) is 4.90 Å². The number of anilines is 2. The molecule has 1 aliphatic rings. The van der Waals surface area contributed by atoms with E-state index in [1.165, 1.54) is 0 Å². The third-order valence-electron chi connectivity index (χ3n) is 3.38. The molecule has 1 aliphatic heterocycles. The lowest BCUT2D eigenvalue weighted by molar-refractivity contribution is 0.176. The highest BCUT2D eigenvalue weighted by Crippen LogP contribution is 2.22. The monoisotopic (exact) mass is 263 g/mol. The molecular formula is C14H21N3O2. The number of aliphatic hydroxyl groups excluding tert-OH is 1. The Balaban J connectivity index is 2.03. The molecule has 0 saturated carbocycles. The molecular weight excluding hydrogens is 242 g/mol. The van der Waals surface area contributed by atoms with Crippen molar-refractivity contribution in [2.45, 2.75) is 19.4 Å². The van der Waals surface area contributed by atoms with E-state index in [9.17, 15) is 9.90 Å². The van der Waals surface area contributed by atoms with Gasteiger partial charge in [0.1, 0.15) is 0 Å². The van der Waals surface area contributed by atoms with Gasteiger partial charge >= 0.3 is 6.03 Å². The van der Waals surface area contributed by atoms with Gasteiger partial charge in [-0.2, -0.15) is 0 Å². The Kier molecular flexibility index (Phi) is 3.95. The molecule has 1 aromatic carbocycles. The topological polar surface area (TPSA) is 55.8 Å². The summed E-state index contributed by atoms with van der Waals surface area (Å²) in [6.07, 6.45) is 0.273. The molecule has 1 aromatic rings. The standard InChI is InChI=1S/C14H21N3O2/c1-10-8-11(4-5-13(10)16(2)3)15-14(19)17-7-6-12(18)9-17/h4-5,8,12,18H,6-7,9H2,1-3H3,(H,15,19)/t12-/m1/s1. The molecule has 104 valence electrons. The normalized spacial score (nSPS) is 18.5. The fourth-order valence-electron chi connectivity index (χ4n) is 2.36. The minimum Gasteiger partial charge on any atom is -0.391 e. The molecule has 1 fully saturated rings. The minimum atomic E-state index is -0.386. The van der Waals surface area contributed by atoms with Crippen LogP contribution in [0.25, 0.3) is 0 Å². The summed E-state index contributed by atoms with van der Waals surface area (Å²) in [5, 5.41) is 12.3. The number of carbonyl (C=O) groups excluding carboxylic acids is 1. The number of likely N-dealkylation sites (tertiary alicyclic amines) is 1. The summed E-state index contributed by atoms with van der Waals surface area (Å²) in [5.74, 6) is 0. The van der Waals surface area contributed by atoms with Crippen molar-refractivity contribution < 1.29 is 9.90 Å². The van der Waals surface area contributed by atoms with Crippen molar-refractivity contribution in [2.24, 2.45) is 0 Å². The zero-order valence-electron chi connectivity index (χ0n) is 11.7. The van der Waals surface area contributed by atoms with Gasteiger partial charge in [0.25, 0.3) is 0 Å². The van der Waals surface area contributed by atoms with Crippen molar-refractivity contribution in [3.8, 4) is 0 Å². The number of β-amino-alcohol motifs (C(OH)–C–C–N with tert-alkyl or cyclic N) is 1. The molecule has 5 nitrogen and oxygen atoms in total. The highest BCUT2D eigenvalue weighted by Gasteiger charge is 2.24. The van der Waals surface area contributed by atoms with Crippen LogP contribution in [0.1, 0.15) is 12.0 Å². The van der Waals surface area contributed by atoms with Crippen LogP contribution in [-0.2, 0) is 0 Å². The number of nitrogens with one attached hydrogen (secondary N) is 1. The number of aryl methyl sites for hydroxylation is 1. The summed E-state index contributed by atoms with van der Waals surface area (Å²) in [6.45, 7) is 3.05. The third kappa shape index (κ3) is 3.17. The number of rotatable bonds is 2. The first kappa shape index (κ1) is 13.7. The van der Waals surface area contributed by atoms with E-state index in [2.05, 4.69) is 5.32 Å². The van der Waals surface area contributed by atoms with Crippen LogP contribution >= 0.6 is 0 Å². The number of urea groups is 1. The summed E-state index contributed by atoms with van der Waals surface area (Å²) >= 11 is 0. The van der Waals surface area contributed by atoms with Crippen LogP contribution in [0.4, 0.5) is 16.2 Å². The van der Waals surface area contributed by atoms with E-state index < -0.39 is 0 Å². The molecule has 5 heteroatoms. The number of carbonyl (C=O) groups is 1. The number of aliphatic hydroxyl groups is 1. The number of nitrogens with zero attached hydrogens (tertiary/aromatic N) is 2. The summed E-state index contributed by atoms with van der Waals surface area (Å²) in [6, 6.07) is 5.70. The minimum absolute atomic E-state index is 0.145. The van der Waals surface area contributed by atoms with Crippen molar-refractivity contribution in [2.75, 3.05) is 37.4 Å².